The Morgan fingerprint density at radius 1 is 1.42 bits per heavy atom. The van der Waals surface area contributed by atoms with E-state index in [0.29, 0.717) is 0 Å². The molecule has 1 radical (unpaired) electrons. The Balaban J connectivity index is 3.36. The molecule has 0 spiro atoms. The van der Waals surface area contributed by atoms with Crippen LogP contribution in [0.2, 0.25) is 0 Å². The van der Waals surface area contributed by atoms with Crippen LogP contribution >= 0.6 is 0 Å². The zero-order valence-corrected chi connectivity index (χ0v) is 5.90. The number of halogens is 3. The van der Waals surface area contributed by atoms with Crippen molar-refractivity contribution in [2.45, 2.75) is 6.18 Å². The Morgan fingerprint density at radius 3 is 2.42 bits per heavy atom. The molecular weight excluding hydrogens is 171 g/mol. The lowest BCUT2D eigenvalue weighted by Crippen LogP contribution is -2.17. The molecule has 1 aromatic rings. The highest BCUT2D eigenvalue weighted by molar-refractivity contribution is 5.28. The highest BCUT2D eigenvalue weighted by Crippen LogP contribution is 2.29. The standard InChI is InChI=1S/C7H5F3NO/c1-4-5(7(8,9)10)2-3-11-6(4)12/h2-3H,1H2,(H,11,12). The molecule has 0 saturated carbocycles. The van der Waals surface area contributed by atoms with Crippen molar-refractivity contribution in [3.63, 3.8) is 0 Å². The summed E-state index contributed by atoms with van der Waals surface area (Å²) in [6, 6.07) is 0.781. The van der Waals surface area contributed by atoms with Crippen LogP contribution < -0.4 is 5.56 Å². The van der Waals surface area contributed by atoms with Crippen LogP contribution in [0, 0.1) is 6.92 Å². The SMILES string of the molecule is [CH2]c1c(C(F)(F)F)cc[nH]c1=O. The molecule has 0 aromatic carbocycles. The van der Waals surface area contributed by atoms with Crippen LogP contribution in [0.5, 0.6) is 0 Å². The van der Waals surface area contributed by atoms with Gasteiger partial charge in [0.15, 0.2) is 0 Å². The maximum absolute atomic E-state index is 12.0. The van der Waals surface area contributed by atoms with Gasteiger partial charge in [0.05, 0.1) is 5.56 Å². The number of H-pyrrole nitrogens is 1. The van der Waals surface area contributed by atoms with Gasteiger partial charge in [-0.3, -0.25) is 4.79 Å². The van der Waals surface area contributed by atoms with Crippen LogP contribution in [-0.2, 0) is 6.18 Å². The molecule has 1 rings (SSSR count). The Hall–Kier alpha value is -1.26. The molecule has 0 atom stereocenters. The summed E-state index contributed by atoms with van der Waals surface area (Å²) in [7, 11) is 0. The summed E-state index contributed by atoms with van der Waals surface area (Å²) >= 11 is 0. The van der Waals surface area contributed by atoms with E-state index >= 15 is 0 Å². The quantitative estimate of drug-likeness (QED) is 0.639. The maximum atomic E-state index is 12.0. The van der Waals surface area contributed by atoms with Crippen LogP contribution in [0.25, 0.3) is 0 Å². The van der Waals surface area contributed by atoms with Crippen molar-refractivity contribution in [1.29, 1.82) is 0 Å². The lowest BCUT2D eigenvalue weighted by atomic mass is 10.1. The summed E-state index contributed by atoms with van der Waals surface area (Å²) < 4.78 is 36.1. The fraction of sp³-hybridized carbons (Fsp3) is 0.143. The summed E-state index contributed by atoms with van der Waals surface area (Å²) in [4.78, 5) is 12.8. The van der Waals surface area contributed by atoms with E-state index in [-0.39, 0.29) is 0 Å². The van der Waals surface area contributed by atoms with Gasteiger partial charge in [-0.1, -0.05) is 0 Å². The van der Waals surface area contributed by atoms with Crippen LogP contribution in [0.1, 0.15) is 11.1 Å². The van der Waals surface area contributed by atoms with E-state index in [1.54, 1.807) is 0 Å². The molecule has 5 heteroatoms. The summed E-state index contributed by atoms with van der Waals surface area (Å²) in [5.41, 5.74) is -2.36. The van der Waals surface area contributed by atoms with E-state index in [0.717, 1.165) is 12.3 Å². The molecule has 0 aliphatic carbocycles. The van der Waals surface area contributed by atoms with E-state index in [9.17, 15) is 18.0 Å². The lowest BCUT2D eigenvalue weighted by molar-refractivity contribution is -0.138. The molecule has 1 heterocycles. The van der Waals surface area contributed by atoms with E-state index in [2.05, 4.69) is 11.9 Å². The molecule has 0 unspecified atom stereocenters. The summed E-state index contributed by atoms with van der Waals surface area (Å²) in [6.07, 6.45) is -3.56. The molecule has 1 aromatic heterocycles. The first kappa shape index (κ1) is 8.83. The second-order valence-electron chi connectivity index (χ2n) is 2.20. The molecule has 0 amide bonds. The first-order chi connectivity index (χ1) is 5.43. The number of pyridine rings is 1. The Labute approximate surface area is 66.0 Å². The minimum absolute atomic E-state index is 0.551. The molecule has 0 bridgehead atoms. The maximum Gasteiger partial charge on any atom is 0.416 e. The van der Waals surface area contributed by atoms with Crippen LogP contribution in [0.3, 0.4) is 0 Å². The number of aromatic amines is 1. The highest BCUT2D eigenvalue weighted by Gasteiger charge is 2.32. The van der Waals surface area contributed by atoms with Gasteiger partial charge in [0.1, 0.15) is 0 Å². The Kier molecular flexibility index (Phi) is 1.95. The molecule has 12 heavy (non-hydrogen) atoms. The van der Waals surface area contributed by atoms with E-state index in [4.69, 9.17) is 0 Å². The van der Waals surface area contributed by atoms with Crippen molar-refractivity contribution >= 4 is 0 Å². The average Bonchev–Trinajstić information content (AvgIpc) is 1.92. The first-order valence-corrected chi connectivity index (χ1v) is 3.04. The van der Waals surface area contributed by atoms with Crippen LogP contribution in [0.4, 0.5) is 13.2 Å². The fourth-order valence-electron chi connectivity index (χ4n) is 0.776. The van der Waals surface area contributed by atoms with Crippen LogP contribution in [0.15, 0.2) is 17.1 Å². The van der Waals surface area contributed by atoms with E-state index in [1.807, 2.05) is 0 Å². The van der Waals surface area contributed by atoms with Gasteiger partial charge < -0.3 is 4.98 Å². The molecule has 0 aliphatic heterocycles. The molecule has 0 saturated heterocycles. The number of hydrogen-bond donors (Lipinski definition) is 1. The predicted molar refractivity (Wildman–Crippen MR) is 36.5 cm³/mol. The van der Waals surface area contributed by atoms with Crippen molar-refractivity contribution in [3.8, 4) is 0 Å². The van der Waals surface area contributed by atoms with Crippen molar-refractivity contribution in [2.75, 3.05) is 0 Å². The molecule has 0 fully saturated rings. The molecule has 2 nitrogen and oxygen atoms in total. The summed E-state index contributed by atoms with van der Waals surface area (Å²) in [5.74, 6) is 0. The normalized spacial score (nSPS) is 11.7. The monoisotopic (exact) mass is 176 g/mol. The smallest absolute Gasteiger partial charge is 0.329 e. The van der Waals surface area contributed by atoms with Crippen molar-refractivity contribution in [1.82, 2.24) is 4.98 Å². The summed E-state index contributed by atoms with van der Waals surface area (Å²) in [5, 5.41) is 0. The largest absolute Gasteiger partial charge is 0.416 e. The molecule has 1 N–H and O–H groups in total. The number of nitrogens with one attached hydrogen (secondary N) is 1. The van der Waals surface area contributed by atoms with Gasteiger partial charge in [-0.05, 0) is 13.0 Å². The first-order valence-electron chi connectivity index (χ1n) is 3.04. The average molecular weight is 176 g/mol. The Morgan fingerprint density at radius 2 is 2.00 bits per heavy atom. The van der Waals surface area contributed by atoms with E-state index in [1.165, 1.54) is 0 Å². The predicted octanol–water partition coefficient (Wildman–Crippen LogP) is 1.58. The van der Waals surface area contributed by atoms with Gasteiger partial charge in [0.2, 0.25) is 0 Å². The Bertz CT molecular complexity index is 339. The minimum Gasteiger partial charge on any atom is -0.329 e. The van der Waals surface area contributed by atoms with Gasteiger partial charge in [0.25, 0.3) is 5.56 Å². The van der Waals surface area contributed by atoms with Gasteiger partial charge in [-0.15, -0.1) is 0 Å². The van der Waals surface area contributed by atoms with Gasteiger partial charge in [-0.2, -0.15) is 13.2 Å². The summed E-state index contributed by atoms with van der Waals surface area (Å²) in [6.45, 7) is 3.02. The number of alkyl halides is 3. The van der Waals surface area contributed by atoms with Gasteiger partial charge in [-0.25, -0.2) is 0 Å². The van der Waals surface area contributed by atoms with Gasteiger partial charge in [0, 0.05) is 11.8 Å². The third-order valence-corrected chi connectivity index (χ3v) is 1.37. The van der Waals surface area contributed by atoms with Crippen LogP contribution in [-0.4, -0.2) is 4.98 Å². The van der Waals surface area contributed by atoms with E-state index < -0.39 is 22.9 Å². The second kappa shape index (κ2) is 2.66. The van der Waals surface area contributed by atoms with Gasteiger partial charge >= 0.3 is 6.18 Å². The van der Waals surface area contributed by atoms with Crippen molar-refractivity contribution in [2.24, 2.45) is 0 Å². The fourth-order valence-corrected chi connectivity index (χ4v) is 0.776. The third kappa shape index (κ3) is 1.49. The number of rotatable bonds is 0. The lowest BCUT2D eigenvalue weighted by Gasteiger charge is -2.07. The van der Waals surface area contributed by atoms with Crippen molar-refractivity contribution < 1.29 is 13.2 Å². The second-order valence-corrected chi connectivity index (χ2v) is 2.20. The zero-order chi connectivity index (χ0) is 9.35. The van der Waals surface area contributed by atoms with Crippen molar-refractivity contribution in [3.05, 3.63) is 40.7 Å². The number of aromatic nitrogens is 1. The molecule has 0 aliphatic rings. The number of hydrogen-bond acceptors (Lipinski definition) is 1. The third-order valence-electron chi connectivity index (χ3n) is 1.37. The molecule has 65 valence electrons. The zero-order valence-electron chi connectivity index (χ0n) is 5.90. The minimum atomic E-state index is -4.51. The molecular formula is C7H5F3NO. The highest BCUT2D eigenvalue weighted by atomic mass is 19.4. The topological polar surface area (TPSA) is 32.9 Å².